The van der Waals surface area contributed by atoms with Gasteiger partial charge in [0.2, 0.25) is 5.91 Å². The van der Waals surface area contributed by atoms with Crippen molar-refractivity contribution in [3.05, 3.63) is 48.0 Å². The summed E-state index contributed by atoms with van der Waals surface area (Å²) < 4.78 is 4.98. The summed E-state index contributed by atoms with van der Waals surface area (Å²) >= 11 is 0. The highest BCUT2D eigenvalue weighted by Gasteiger charge is 2.24. The van der Waals surface area contributed by atoms with Crippen LogP contribution in [-0.4, -0.2) is 38.6 Å². The van der Waals surface area contributed by atoms with Crippen LogP contribution in [0.5, 0.6) is 0 Å². The zero-order chi connectivity index (χ0) is 20.6. The van der Waals surface area contributed by atoms with Crippen LogP contribution in [0, 0.1) is 17.8 Å². The topological polar surface area (TPSA) is 67.4 Å². The van der Waals surface area contributed by atoms with E-state index in [4.69, 9.17) is 4.74 Å². The number of ether oxygens (including phenoxy) is 1. The van der Waals surface area contributed by atoms with Gasteiger partial charge in [0.05, 0.1) is 13.0 Å². The van der Waals surface area contributed by atoms with E-state index in [1.165, 1.54) is 12.5 Å². The number of amides is 1. The number of nitrogens with one attached hydrogen (secondary N) is 2. The molecule has 1 aliphatic heterocycles. The maximum absolute atomic E-state index is 12.5. The molecule has 1 saturated heterocycles. The molecule has 0 aromatic heterocycles. The van der Waals surface area contributed by atoms with Crippen molar-refractivity contribution < 1.29 is 14.3 Å². The van der Waals surface area contributed by atoms with Gasteiger partial charge in [0, 0.05) is 13.0 Å². The molecule has 0 aliphatic carbocycles. The summed E-state index contributed by atoms with van der Waals surface area (Å²) in [6, 6.07) is 14.4. The Morgan fingerprint density at radius 1 is 1.14 bits per heavy atom. The second kappa shape index (κ2) is 10.4. The van der Waals surface area contributed by atoms with Gasteiger partial charge in [0.25, 0.3) is 0 Å². The standard InChI is InChI=1S/C24H32N2O3/c1-17(19-9-11-25-12-10-19)13-23(27)26-16-22(24(28)29-2)15-18-7-8-20-5-3-4-6-21(20)14-18/h3-8,14,17,19,22,25H,9-13,15-16H2,1-2H3,(H,26,27). The Hall–Kier alpha value is -2.40. The number of methoxy groups -OCH3 is 1. The Morgan fingerprint density at radius 3 is 2.59 bits per heavy atom. The van der Waals surface area contributed by atoms with Crippen molar-refractivity contribution in [1.82, 2.24) is 10.6 Å². The molecule has 2 N–H and O–H groups in total. The number of hydrogen-bond acceptors (Lipinski definition) is 4. The smallest absolute Gasteiger partial charge is 0.310 e. The highest BCUT2D eigenvalue weighted by Crippen LogP contribution is 2.24. The van der Waals surface area contributed by atoms with Gasteiger partial charge in [0.1, 0.15) is 0 Å². The average molecular weight is 397 g/mol. The van der Waals surface area contributed by atoms with E-state index in [9.17, 15) is 9.59 Å². The highest BCUT2D eigenvalue weighted by atomic mass is 16.5. The quantitative estimate of drug-likeness (QED) is 0.672. The summed E-state index contributed by atoms with van der Waals surface area (Å²) in [6.07, 6.45) is 3.30. The van der Waals surface area contributed by atoms with Gasteiger partial charge in [-0.2, -0.15) is 0 Å². The number of rotatable bonds is 8. The number of carbonyl (C=O) groups is 2. The van der Waals surface area contributed by atoms with Crippen molar-refractivity contribution in [3.63, 3.8) is 0 Å². The molecule has 0 saturated carbocycles. The molecule has 0 bridgehead atoms. The monoisotopic (exact) mass is 396 g/mol. The summed E-state index contributed by atoms with van der Waals surface area (Å²) in [5.74, 6) is 0.290. The first-order valence-electron chi connectivity index (χ1n) is 10.6. The van der Waals surface area contributed by atoms with E-state index in [0.29, 0.717) is 31.2 Å². The molecule has 1 fully saturated rings. The number of piperidine rings is 1. The van der Waals surface area contributed by atoms with Gasteiger partial charge in [0.15, 0.2) is 0 Å². The first kappa shape index (κ1) is 21.3. The number of esters is 1. The van der Waals surface area contributed by atoms with Crippen molar-refractivity contribution in [2.24, 2.45) is 17.8 Å². The minimum Gasteiger partial charge on any atom is -0.469 e. The normalized spacial score (nSPS) is 16.9. The Labute approximate surface area is 173 Å². The minimum atomic E-state index is -0.390. The van der Waals surface area contributed by atoms with Gasteiger partial charge in [-0.3, -0.25) is 9.59 Å². The van der Waals surface area contributed by atoms with Crippen molar-refractivity contribution in [1.29, 1.82) is 0 Å². The summed E-state index contributed by atoms with van der Waals surface area (Å²) in [6.45, 7) is 4.53. The zero-order valence-corrected chi connectivity index (χ0v) is 17.4. The first-order valence-corrected chi connectivity index (χ1v) is 10.6. The van der Waals surface area contributed by atoms with Crippen LogP contribution < -0.4 is 10.6 Å². The molecule has 2 aromatic carbocycles. The lowest BCUT2D eigenvalue weighted by Gasteiger charge is -2.28. The van der Waals surface area contributed by atoms with Crippen LogP contribution in [0.15, 0.2) is 42.5 Å². The van der Waals surface area contributed by atoms with Crippen molar-refractivity contribution in [2.45, 2.75) is 32.6 Å². The Bertz CT molecular complexity index is 830. The zero-order valence-electron chi connectivity index (χ0n) is 17.4. The van der Waals surface area contributed by atoms with E-state index in [1.54, 1.807) is 0 Å². The molecule has 2 atom stereocenters. The fourth-order valence-electron chi connectivity index (χ4n) is 4.24. The Balaban J connectivity index is 1.56. The SMILES string of the molecule is COC(=O)C(CNC(=O)CC(C)C1CCNCC1)Cc1ccc2ccccc2c1. The number of benzene rings is 2. The maximum Gasteiger partial charge on any atom is 0.310 e. The molecule has 5 nitrogen and oxygen atoms in total. The molecular formula is C24H32N2O3. The van der Waals surface area contributed by atoms with E-state index in [2.05, 4.69) is 41.8 Å². The van der Waals surface area contributed by atoms with Crippen LogP contribution in [0.4, 0.5) is 0 Å². The third kappa shape index (κ3) is 6.04. The average Bonchev–Trinajstić information content (AvgIpc) is 2.76. The maximum atomic E-state index is 12.5. The van der Waals surface area contributed by atoms with E-state index < -0.39 is 0 Å². The largest absolute Gasteiger partial charge is 0.469 e. The molecule has 3 rings (SSSR count). The molecule has 156 valence electrons. The van der Waals surface area contributed by atoms with Gasteiger partial charge in [-0.15, -0.1) is 0 Å². The minimum absolute atomic E-state index is 0.0171. The molecule has 0 spiro atoms. The third-order valence-corrected chi connectivity index (χ3v) is 6.07. The molecular weight excluding hydrogens is 364 g/mol. The predicted molar refractivity (Wildman–Crippen MR) is 116 cm³/mol. The van der Waals surface area contributed by atoms with Gasteiger partial charge in [-0.25, -0.2) is 0 Å². The van der Waals surface area contributed by atoms with Gasteiger partial charge in [-0.1, -0.05) is 49.4 Å². The van der Waals surface area contributed by atoms with Gasteiger partial charge in [-0.05, 0) is 60.5 Å². The first-order chi connectivity index (χ1) is 14.1. The summed E-state index contributed by atoms with van der Waals surface area (Å²) in [7, 11) is 1.40. The molecule has 2 unspecified atom stereocenters. The second-order valence-electron chi connectivity index (χ2n) is 8.18. The molecule has 1 heterocycles. The number of hydrogen-bond donors (Lipinski definition) is 2. The van der Waals surface area contributed by atoms with Crippen LogP contribution in [0.25, 0.3) is 10.8 Å². The van der Waals surface area contributed by atoms with E-state index in [0.717, 1.165) is 36.9 Å². The van der Waals surface area contributed by atoms with Crippen LogP contribution in [0.1, 0.15) is 31.7 Å². The highest BCUT2D eigenvalue weighted by molar-refractivity contribution is 5.83. The molecule has 0 radical (unpaired) electrons. The van der Waals surface area contributed by atoms with Crippen LogP contribution >= 0.6 is 0 Å². The predicted octanol–water partition coefficient (Wildman–Crippen LogP) is 3.31. The lowest BCUT2D eigenvalue weighted by atomic mass is 9.84. The molecule has 5 heteroatoms. The molecule has 1 amide bonds. The van der Waals surface area contributed by atoms with Crippen LogP contribution in [-0.2, 0) is 20.7 Å². The van der Waals surface area contributed by atoms with Crippen molar-refractivity contribution >= 4 is 22.6 Å². The fraction of sp³-hybridized carbons (Fsp3) is 0.500. The summed E-state index contributed by atoms with van der Waals surface area (Å²) in [5, 5.41) is 8.65. The molecule has 1 aliphatic rings. The van der Waals surface area contributed by atoms with Gasteiger partial charge < -0.3 is 15.4 Å². The van der Waals surface area contributed by atoms with E-state index in [1.807, 2.05) is 18.2 Å². The Kier molecular flexibility index (Phi) is 7.64. The van der Waals surface area contributed by atoms with E-state index in [-0.39, 0.29) is 17.8 Å². The summed E-state index contributed by atoms with van der Waals surface area (Å²) in [5.41, 5.74) is 1.07. The lowest BCUT2D eigenvalue weighted by Crippen LogP contribution is -2.37. The summed E-state index contributed by atoms with van der Waals surface area (Å²) in [4.78, 5) is 24.7. The fourth-order valence-corrected chi connectivity index (χ4v) is 4.24. The molecule has 2 aromatic rings. The molecule has 29 heavy (non-hydrogen) atoms. The third-order valence-electron chi connectivity index (χ3n) is 6.07. The number of fused-ring (bicyclic) bond motifs is 1. The number of carbonyl (C=O) groups excluding carboxylic acids is 2. The lowest BCUT2D eigenvalue weighted by molar-refractivity contribution is -0.145. The van der Waals surface area contributed by atoms with Crippen molar-refractivity contribution in [2.75, 3.05) is 26.7 Å². The van der Waals surface area contributed by atoms with E-state index >= 15 is 0 Å². The Morgan fingerprint density at radius 2 is 1.86 bits per heavy atom. The van der Waals surface area contributed by atoms with Crippen LogP contribution in [0.2, 0.25) is 0 Å². The van der Waals surface area contributed by atoms with Crippen molar-refractivity contribution in [3.8, 4) is 0 Å². The second-order valence-corrected chi connectivity index (χ2v) is 8.18. The van der Waals surface area contributed by atoms with Crippen LogP contribution in [0.3, 0.4) is 0 Å². The van der Waals surface area contributed by atoms with Gasteiger partial charge >= 0.3 is 5.97 Å².